The van der Waals surface area contributed by atoms with Crippen LogP contribution >= 0.6 is 11.8 Å². The number of aromatic nitrogens is 2. The predicted octanol–water partition coefficient (Wildman–Crippen LogP) is 4.79. The lowest BCUT2D eigenvalue weighted by atomic mass is 9.97. The maximum atomic E-state index is 12.6. The molecule has 2 heterocycles. The van der Waals surface area contributed by atoms with Gasteiger partial charge in [0, 0.05) is 23.7 Å². The SMILES string of the molecule is Cc1ccc(Sc2ccc(N3CCCC(C(=O)Nc4ccccc4)C3)nn2)cc1. The molecule has 5 nitrogen and oxygen atoms in total. The second-order valence-corrected chi connectivity index (χ2v) is 8.38. The Kier molecular flexibility index (Phi) is 6.10. The van der Waals surface area contributed by atoms with Crippen LogP contribution in [0.25, 0.3) is 0 Å². The summed E-state index contributed by atoms with van der Waals surface area (Å²) in [6.45, 7) is 3.64. The smallest absolute Gasteiger partial charge is 0.229 e. The quantitative estimate of drug-likeness (QED) is 0.662. The van der Waals surface area contributed by atoms with Gasteiger partial charge in [-0.15, -0.1) is 10.2 Å². The number of para-hydroxylation sites is 1. The van der Waals surface area contributed by atoms with Crippen LogP contribution < -0.4 is 10.2 Å². The van der Waals surface area contributed by atoms with E-state index in [0.29, 0.717) is 6.54 Å². The van der Waals surface area contributed by atoms with Crippen LogP contribution in [-0.4, -0.2) is 29.2 Å². The van der Waals surface area contributed by atoms with E-state index in [1.807, 2.05) is 42.5 Å². The van der Waals surface area contributed by atoms with Crippen molar-refractivity contribution in [3.05, 3.63) is 72.3 Å². The van der Waals surface area contributed by atoms with Gasteiger partial charge in [-0.05, 0) is 56.2 Å². The number of nitrogens with zero attached hydrogens (tertiary/aromatic N) is 3. The Hall–Kier alpha value is -2.86. The van der Waals surface area contributed by atoms with E-state index in [1.165, 1.54) is 5.56 Å². The molecular formula is C23H24N4OS. The van der Waals surface area contributed by atoms with Crippen molar-refractivity contribution in [3.63, 3.8) is 0 Å². The molecule has 3 aromatic rings. The van der Waals surface area contributed by atoms with Gasteiger partial charge < -0.3 is 10.2 Å². The average molecular weight is 405 g/mol. The van der Waals surface area contributed by atoms with Crippen LogP contribution in [0.3, 0.4) is 0 Å². The van der Waals surface area contributed by atoms with Crippen molar-refractivity contribution in [2.45, 2.75) is 29.7 Å². The second-order valence-electron chi connectivity index (χ2n) is 7.29. The van der Waals surface area contributed by atoms with Gasteiger partial charge in [-0.1, -0.05) is 47.7 Å². The summed E-state index contributed by atoms with van der Waals surface area (Å²) < 4.78 is 0. The van der Waals surface area contributed by atoms with Gasteiger partial charge >= 0.3 is 0 Å². The first-order chi connectivity index (χ1) is 14.2. The second kappa shape index (κ2) is 9.09. The molecule has 29 heavy (non-hydrogen) atoms. The number of hydrogen-bond donors (Lipinski definition) is 1. The zero-order chi connectivity index (χ0) is 20.1. The van der Waals surface area contributed by atoms with Crippen LogP contribution in [0.2, 0.25) is 0 Å². The Balaban J connectivity index is 1.37. The predicted molar refractivity (Wildman–Crippen MR) is 117 cm³/mol. The van der Waals surface area contributed by atoms with Crippen molar-refractivity contribution in [1.82, 2.24) is 10.2 Å². The molecule has 0 saturated carbocycles. The fourth-order valence-electron chi connectivity index (χ4n) is 3.43. The lowest BCUT2D eigenvalue weighted by molar-refractivity contribution is -0.120. The van der Waals surface area contributed by atoms with Gasteiger partial charge in [0.1, 0.15) is 5.03 Å². The number of carbonyl (C=O) groups is 1. The number of nitrogens with one attached hydrogen (secondary N) is 1. The maximum absolute atomic E-state index is 12.6. The van der Waals surface area contributed by atoms with E-state index >= 15 is 0 Å². The van der Waals surface area contributed by atoms with Crippen LogP contribution in [0, 0.1) is 12.8 Å². The first-order valence-corrected chi connectivity index (χ1v) is 10.7. The van der Waals surface area contributed by atoms with Gasteiger partial charge in [0.25, 0.3) is 0 Å². The fraction of sp³-hybridized carbons (Fsp3) is 0.261. The topological polar surface area (TPSA) is 58.1 Å². The summed E-state index contributed by atoms with van der Waals surface area (Å²) >= 11 is 1.60. The molecule has 1 fully saturated rings. The molecule has 1 atom stereocenters. The molecule has 0 spiro atoms. The van der Waals surface area contributed by atoms with Crippen LogP contribution in [0.5, 0.6) is 0 Å². The van der Waals surface area contributed by atoms with Crippen LogP contribution in [0.15, 0.2) is 76.7 Å². The van der Waals surface area contributed by atoms with E-state index in [4.69, 9.17) is 0 Å². The number of hydrogen-bond acceptors (Lipinski definition) is 5. The lowest BCUT2D eigenvalue weighted by Gasteiger charge is -2.32. The monoisotopic (exact) mass is 404 g/mol. The molecule has 0 radical (unpaired) electrons. The first kappa shape index (κ1) is 19.5. The molecule has 1 amide bonds. The summed E-state index contributed by atoms with van der Waals surface area (Å²) in [6.07, 6.45) is 1.86. The average Bonchev–Trinajstić information content (AvgIpc) is 2.77. The molecule has 0 bridgehead atoms. The lowest BCUT2D eigenvalue weighted by Crippen LogP contribution is -2.41. The minimum Gasteiger partial charge on any atom is -0.354 e. The largest absolute Gasteiger partial charge is 0.354 e. The highest BCUT2D eigenvalue weighted by atomic mass is 32.2. The van der Waals surface area contributed by atoms with Crippen molar-refractivity contribution in [2.75, 3.05) is 23.3 Å². The Bertz CT molecular complexity index is 945. The number of benzene rings is 2. The van der Waals surface area contributed by atoms with Gasteiger partial charge in [0.2, 0.25) is 5.91 Å². The van der Waals surface area contributed by atoms with Crippen LogP contribution in [-0.2, 0) is 4.79 Å². The highest BCUT2D eigenvalue weighted by Crippen LogP contribution is 2.28. The molecule has 4 rings (SSSR count). The molecule has 1 aromatic heterocycles. The molecule has 1 N–H and O–H groups in total. The summed E-state index contributed by atoms with van der Waals surface area (Å²) in [4.78, 5) is 16.0. The van der Waals surface area contributed by atoms with Crippen molar-refractivity contribution < 1.29 is 4.79 Å². The Morgan fingerprint density at radius 2 is 1.83 bits per heavy atom. The van der Waals surface area contributed by atoms with E-state index in [1.54, 1.807) is 11.8 Å². The summed E-state index contributed by atoms with van der Waals surface area (Å²) in [6, 6.07) is 22.0. The Morgan fingerprint density at radius 3 is 2.55 bits per heavy atom. The molecule has 148 valence electrons. The van der Waals surface area contributed by atoms with E-state index in [0.717, 1.165) is 40.8 Å². The van der Waals surface area contributed by atoms with Crippen molar-refractivity contribution in [1.29, 1.82) is 0 Å². The van der Waals surface area contributed by atoms with Gasteiger partial charge in [0.05, 0.1) is 5.92 Å². The highest BCUT2D eigenvalue weighted by molar-refractivity contribution is 7.99. The van der Waals surface area contributed by atoms with Gasteiger partial charge in [0.15, 0.2) is 5.82 Å². The van der Waals surface area contributed by atoms with Gasteiger partial charge in [-0.3, -0.25) is 4.79 Å². The standard InChI is InChI=1S/C23H24N4OS/c1-17-9-11-20(12-10-17)29-22-14-13-21(25-26-22)27-15-5-6-18(16-27)23(28)24-19-7-3-2-4-8-19/h2-4,7-14,18H,5-6,15-16H2,1H3,(H,24,28). The molecule has 1 saturated heterocycles. The first-order valence-electron chi connectivity index (χ1n) is 9.86. The maximum Gasteiger partial charge on any atom is 0.229 e. The number of amides is 1. The third kappa shape index (κ3) is 5.15. The number of rotatable bonds is 5. The molecule has 6 heteroatoms. The molecule has 1 unspecified atom stereocenters. The van der Waals surface area contributed by atoms with Crippen LogP contribution in [0.4, 0.5) is 11.5 Å². The van der Waals surface area contributed by atoms with Gasteiger partial charge in [-0.2, -0.15) is 0 Å². The van der Waals surface area contributed by atoms with Crippen LogP contribution in [0.1, 0.15) is 18.4 Å². The Labute approximate surface area is 175 Å². The number of carbonyl (C=O) groups excluding carboxylic acids is 1. The van der Waals surface area contributed by atoms with Crippen molar-refractivity contribution in [3.8, 4) is 0 Å². The third-order valence-corrected chi connectivity index (χ3v) is 5.96. The zero-order valence-corrected chi connectivity index (χ0v) is 17.2. The third-order valence-electron chi connectivity index (χ3n) is 5.03. The van der Waals surface area contributed by atoms with E-state index in [9.17, 15) is 4.79 Å². The van der Waals surface area contributed by atoms with Crippen molar-refractivity contribution >= 4 is 29.2 Å². The summed E-state index contributed by atoms with van der Waals surface area (Å²) in [5.74, 6) is 0.850. The van der Waals surface area contributed by atoms with E-state index in [2.05, 4.69) is 51.6 Å². The zero-order valence-electron chi connectivity index (χ0n) is 16.4. The minimum atomic E-state index is -0.0487. The highest BCUT2D eigenvalue weighted by Gasteiger charge is 2.26. The number of anilines is 2. The molecule has 2 aromatic carbocycles. The van der Waals surface area contributed by atoms with E-state index in [-0.39, 0.29) is 11.8 Å². The summed E-state index contributed by atoms with van der Waals surface area (Å²) in [5.41, 5.74) is 2.08. The minimum absolute atomic E-state index is 0.0487. The summed E-state index contributed by atoms with van der Waals surface area (Å²) in [7, 11) is 0. The Morgan fingerprint density at radius 1 is 1.03 bits per heavy atom. The molecule has 1 aliphatic rings. The number of piperidine rings is 1. The number of aryl methyl sites for hydroxylation is 1. The summed E-state index contributed by atoms with van der Waals surface area (Å²) in [5, 5.41) is 12.7. The molecular weight excluding hydrogens is 380 g/mol. The normalized spacial score (nSPS) is 16.4. The van der Waals surface area contributed by atoms with E-state index < -0.39 is 0 Å². The molecule has 1 aliphatic heterocycles. The van der Waals surface area contributed by atoms with Gasteiger partial charge in [-0.25, -0.2) is 0 Å². The van der Waals surface area contributed by atoms with Crippen molar-refractivity contribution in [2.24, 2.45) is 5.92 Å². The fourth-order valence-corrected chi connectivity index (χ4v) is 4.16. The molecule has 0 aliphatic carbocycles.